The molecule has 1 N–H and O–H groups in total. The Kier molecular flexibility index (Phi) is 6.79. The monoisotopic (exact) mass is 501 g/mol. The first-order valence-corrected chi connectivity index (χ1v) is 11.4. The van der Waals surface area contributed by atoms with Crippen LogP contribution in [0.15, 0.2) is 48.5 Å². The molecule has 2 aromatic heterocycles. The van der Waals surface area contributed by atoms with Crippen molar-refractivity contribution in [3.8, 4) is 0 Å². The Hall–Kier alpha value is -2.80. The number of hydrogen-bond donors (Lipinski definition) is 1. The van der Waals surface area contributed by atoms with Crippen molar-refractivity contribution in [3.05, 3.63) is 97.4 Å². The zero-order valence-corrected chi connectivity index (χ0v) is 20.6. The number of rotatable bonds is 6. The minimum atomic E-state index is -0.227. The molecule has 6 nitrogen and oxygen atoms in total. The molecular weight excluding hydrogens is 481 g/mol. The van der Waals surface area contributed by atoms with E-state index in [0.717, 1.165) is 28.2 Å². The molecule has 33 heavy (non-hydrogen) atoms. The number of aryl methyl sites for hydroxylation is 2. The van der Waals surface area contributed by atoms with E-state index in [-0.39, 0.29) is 5.91 Å². The van der Waals surface area contributed by atoms with Gasteiger partial charge in [-0.25, -0.2) is 0 Å². The highest BCUT2D eigenvalue weighted by atomic mass is 35.5. The van der Waals surface area contributed by atoms with Gasteiger partial charge in [0.05, 0.1) is 39.5 Å². The first-order valence-electron chi connectivity index (χ1n) is 10.3. The van der Waals surface area contributed by atoms with E-state index < -0.39 is 0 Å². The number of amides is 1. The molecule has 0 spiro atoms. The van der Waals surface area contributed by atoms with Crippen LogP contribution in [0.25, 0.3) is 0 Å². The topological polar surface area (TPSA) is 64.7 Å². The van der Waals surface area contributed by atoms with E-state index in [9.17, 15) is 4.79 Å². The normalized spacial score (nSPS) is 11.1. The number of halogens is 3. The zero-order valence-electron chi connectivity index (χ0n) is 18.4. The molecule has 0 fully saturated rings. The van der Waals surface area contributed by atoms with E-state index >= 15 is 0 Å². The second-order valence-corrected chi connectivity index (χ2v) is 9.06. The third-order valence-electron chi connectivity index (χ3n) is 5.38. The summed E-state index contributed by atoms with van der Waals surface area (Å²) in [6, 6.07) is 14.7. The minimum Gasteiger partial charge on any atom is -0.305 e. The van der Waals surface area contributed by atoms with Crippen LogP contribution in [-0.2, 0) is 13.1 Å². The standard InChI is InChI=1S/C24H22Cl3N5O/c1-14-10-22(30-31(14)13-18-6-9-20(25)21(26)11-18)28-24(33)19-7-4-17(5-8-19)12-32-16(3)23(27)15(2)29-32/h4-11H,12-13H2,1-3H3,(H,28,30,33). The van der Waals surface area contributed by atoms with Crippen molar-refractivity contribution in [2.75, 3.05) is 5.32 Å². The van der Waals surface area contributed by atoms with E-state index in [4.69, 9.17) is 34.8 Å². The summed E-state index contributed by atoms with van der Waals surface area (Å²) in [7, 11) is 0. The summed E-state index contributed by atoms with van der Waals surface area (Å²) in [5, 5.41) is 13.5. The maximum absolute atomic E-state index is 12.7. The van der Waals surface area contributed by atoms with Crippen molar-refractivity contribution in [1.82, 2.24) is 19.6 Å². The van der Waals surface area contributed by atoms with Crippen LogP contribution in [0.1, 0.15) is 38.6 Å². The summed E-state index contributed by atoms with van der Waals surface area (Å²) in [5.41, 5.74) is 5.17. The maximum atomic E-state index is 12.7. The lowest BCUT2D eigenvalue weighted by atomic mass is 10.1. The van der Waals surface area contributed by atoms with Crippen LogP contribution < -0.4 is 5.32 Å². The number of nitrogens with one attached hydrogen (secondary N) is 1. The molecule has 0 aliphatic rings. The first-order chi connectivity index (χ1) is 15.7. The first kappa shape index (κ1) is 23.4. The van der Waals surface area contributed by atoms with Crippen LogP contribution >= 0.6 is 34.8 Å². The van der Waals surface area contributed by atoms with Gasteiger partial charge in [0.1, 0.15) is 0 Å². The Balaban J connectivity index is 1.42. The van der Waals surface area contributed by atoms with Gasteiger partial charge >= 0.3 is 0 Å². The summed E-state index contributed by atoms with van der Waals surface area (Å²) in [6.07, 6.45) is 0. The molecule has 9 heteroatoms. The van der Waals surface area contributed by atoms with E-state index in [0.29, 0.717) is 39.5 Å². The molecule has 2 aromatic carbocycles. The molecule has 4 aromatic rings. The summed E-state index contributed by atoms with van der Waals surface area (Å²) < 4.78 is 3.66. The van der Waals surface area contributed by atoms with Crippen LogP contribution in [0.4, 0.5) is 5.82 Å². The van der Waals surface area contributed by atoms with Crippen molar-refractivity contribution in [3.63, 3.8) is 0 Å². The lowest BCUT2D eigenvalue weighted by molar-refractivity contribution is 0.102. The molecule has 170 valence electrons. The van der Waals surface area contributed by atoms with E-state index in [2.05, 4.69) is 15.5 Å². The third kappa shape index (κ3) is 5.24. The SMILES string of the molecule is Cc1nn(Cc2ccc(C(=O)Nc3cc(C)n(Cc4ccc(Cl)c(Cl)c4)n3)cc2)c(C)c1Cl. The van der Waals surface area contributed by atoms with Crippen molar-refractivity contribution >= 4 is 46.5 Å². The number of benzene rings is 2. The van der Waals surface area contributed by atoms with Crippen LogP contribution in [-0.4, -0.2) is 25.5 Å². The fraction of sp³-hybridized carbons (Fsp3) is 0.208. The van der Waals surface area contributed by atoms with Gasteiger partial charge < -0.3 is 5.32 Å². The molecule has 2 heterocycles. The smallest absolute Gasteiger partial charge is 0.256 e. The summed E-state index contributed by atoms with van der Waals surface area (Å²) in [5.74, 6) is 0.258. The number of carbonyl (C=O) groups is 1. The van der Waals surface area contributed by atoms with Crippen molar-refractivity contribution in [2.45, 2.75) is 33.9 Å². The fourth-order valence-corrected chi connectivity index (χ4v) is 3.95. The minimum absolute atomic E-state index is 0.227. The van der Waals surface area contributed by atoms with Crippen molar-refractivity contribution in [1.29, 1.82) is 0 Å². The average molecular weight is 503 g/mol. The van der Waals surface area contributed by atoms with Crippen LogP contribution in [0.5, 0.6) is 0 Å². The van der Waals surface area contributed by atoms with Gasteiger partial charge in [0.2, 0.25) is 0 Å². The van der Waals surface area contributed by atoms with E-state index in [1.165, 1.54) is 0 Å². The highest BCUT2D eigenvalue weighted by Gasteiger charge is 2.13. The molecule has 0 aliphatic heterocycles. The predicted molar refractivity (Wildman–Crippen MR) is 133 cm³/mol. The quantitative estimate of drug-likeness (QED) is 0.336. The van der Waals surface area contributed by atoms with Gasteiger partial charge in [-0.2, -0.15) is 10.2 Å². The largest absolute Gasteiger partial charge is 0.305 e. The zero-order chi connectivity index (χ0) is 23.7. The van der Waals surface area contributed by atoms with Crippen molar-refractivity contribution in [2.24, 2.45) is 0 Å². The summed E-state index contributed by atoms with van der Waals surface area (Å²) in [6.45, 7) is 6.85. The van der Waals surface area contributed by atoms with Crippen LogP contribution in [0.3, 0.4) is 0 Å². The lowest BCUT2D eigenvalue weighted by Gasteiger charge is -2.07. The summed E-state index contributed by atoms with van der Waals surface area (Å²) in [4.78, 5) is 12.7. The number of hydrogen-bond acceptors (Lipinski definition) is 3. The number of anilines is 1. The highest BCUT2D eigenvalue weighted by molar-refractivity contribution is 6.42. The maximum Gasteiger partial charge on any atom is 0.256 e. The Morgan fingerprint density at radius 3 is 2.15 bits per heavy atom. The molecule has 0 bridgehead atoms. The van der Waals surface area contributed by atoms with E-state index in [1.54, 1.807) is 22.9 Å². The van der Waals surface area contributed by atoms with Gasteiger partial charge in [0.25, 0.3) is 5.91 Å². The number of nitrogens with zero attached hydrogens (tertiary/aromatic N) is 4. The van der Waals surface area contributed by atoms with Gasteiger partial charge in [0.15, 0.2) is 5.82 Å². The molecule has 0 radical (unpaired) electrons. The Bertz CT molecular complexity index is 1320. The second-order valence-electron chi connectivity index (χ2n) is 7.87. The van der Waals surface area contributed by atoms with E-state index in [1.807, 2.05) is 55.8 Å². The highest BCUT2D eigenvalue weighted by Crippen LogP contribution is 2.24. The summed E-state index contributed by atoms with van der Waals surface area (Å²) >= 11 is 18.3. The number of carbonyl (C=O) groups excluding carboxylic acids is 1. The molecule has 1 amide bonds. The second kappa shape index (κ2) is 9.59. The fourth-order valence-electron chi connectivity index (χ4n) is 3.49. The molecule has 4 rings (SSSR count). The molecule has 0 saturated carbocycles. The lowest BCUT2D eigenvalue weighted by Crippen LogP contribution is -2.13. The van der Waals surface area contributed by atoms with Gasteiger partial charge in [-0.05, 0) is 56.2 Å². The van der Waals surface area contributed by atoms with Gasteiger partial charge in [-0.1, -0.05) is 53.0 Å². The van der Waals surface area contributed by atoms with Gasteiger partial charge in [-0.15, -0.1) is 0 Å². The van der Waals surface area contributed by atoms with Crippen LogP contribution in [0, 0.1) is 20.8 Å². The Morgan fingerprint density at radius 1 is 0.848 bits per heavy atom. The molecule has 0 atom stereocenters. The molecule has 0 saturated heterocycles. The molecular formula is C24H22Cl3N5O. The Morgan fingerprint density at radius 2 is 1.52 bits per heavy atom. The van der Waals surface area contributed by atoms with Gasteiger partial charge in [0, 0.05) is 17.3 Å². The Labute approximate surface area is 207 Å². The molecule has 0 unspecified atom stereocenters. The van der Waals surface area contributed by atoms with Crippen molar-refractivity contribution < 1.29 is 4.79 Å². The molecule has 0 aliphatic carbocycles. The third-order valence-corrected chi connectivity index (χ3v) is 6.67. The number of aromatic nitrogens is 4. The average Bonchev–Trinajstić information content (AvgIpc) is 3.24. The van der Waals surface area contributed by atoms with Gasteiger partial charge in [-0.3, -0.25) is 14.2 Å². The predicted octanol–water partition coefficient (Wildman–Crippen LogP) is 6.31. The van der Waals surface area contributed by atoms with Crippen LogP contribution in [0.2, 0.25) is 15.1 Å².